The van der Waals surface area contributed by atoms with Crippen molar-refractivity contribution in [1.82, 2.24) is 0 Å². The molecule has 116 valence electrons. The number of fused-ring (bicyclic) bond motifs is 2. The lowest BCUT2D eigenvalue weighted by Crippen LogP contribution is -2.41. The highest BCUT2D eigenvalue weighted by atomic mass is 16.5. The van der Waals surface area contributed by atoms with Crippen molar-refractivity contribution in [1.29, 1.82) is 0 Å². The van der Waals surface area contributed by atoms with Gasteiger partial charge in [0.05, 0.1) is 23.3 Å². The van der Waals surface area contributed by atoms with E-state index in [1.807, 2.05) is 0 Å². The van der Waals surface area contributed by atoms with Crippen LogP contribution in [-0.4, -0.2) is 18.5 Å². The number of benzene rings is 2. The van der Waals surface area contributed by atoms with Gasteiger partial charge in [-0.3, -0.25) is 0 Å². The first-order valence-corrected chi connectivity index (χ1v) is 7.33. The maximum absolute atomic E-state index is 11.9. The molecule has 0 aliphatic carbocycles. The van der Waals surface area contributed by atoms with E-state index in [0.717, 1.165) is 0 Å². The van der Waals surface area contributed by atoms with Gasteiger partial charge < -0.3 is 14.6 Å². The highest BCUT2D eigenvalue weighted by Crippen LogP contribution is 2.24. The van der Waals surface area contributed by atoms with Crippen LogP contribution in [-0.2, 0) is 16.1 Å². The Morgan fingerprint density at radius 2 is 1.52 bits per heavy atom. The van der Waals surface area contributed by atoms with Gasteiger partial charge in [-0.25, -0.2) is 4.79 Å². The third-order valence-corrected chi connectivity index (χ3v) is 3.73. The maximum atomic E-state index is 11.9. The minimum Gasteiger partial charge on any atom is -0.545 e. The number of aromatic carboxylic acids is 1. The fraction of sp³-hybridized carbons (Fsp3) is 0.167. The number of carboxylic acids is 1. The highest BCUT2D eigenvalue weighted by molar-refractivity contribution is 6.11. The summed E-state index contributed by atoms with van der Waals surface area (Å²) in [6, 6.07) is 14.1. The van der Waals surface area contributed by atoms with Gasteiger partial charge in [0.15, 0.2) is 0 Å². The highest BCUT2D eigenvalue weighted by Gasteiger charge is 2.23. The van der Waals surface area contributed by atoms with Crippen LogP contribution in [0.2, 0.25) is 0 Å². The Labute approximate surface area is 132 Å². The number of carboxylic acid groups (broad SMARTS) is 1. The molecule has 1 heterocycles. The van der Waals surface area contributed by atoms with E-state index in [2.05, 4.69) is 0 Å². The quantitative estimate of drug-likeness (QED) is 0.412. The van der Waals surface area contributed by atoms with Crippen molar-refractivity contribution in [2.45, 2.75) is 13.5 Å². The molecule has 0 atom stereocenters. The van der Waals surface area contributed by atoms with Gasteiger partial charge in [0, 0.05) is 17.7 Å². The van der Waals surface area contributed by atoms with Crippen LogP contribution in [0.25, 0.3) is 21.8 Å². The second kappa shape index (κ2) is 6.04. The van der Waals surface area contributed by atoms with Gasteiger partial charge in [-0.1, -0.05) is 24.3 Å². The number of para-hydroxylation sites is 2. The van der Waals surface area contributed by atoms with Gasteiger partial charge in [-0.15, -0.1) is 0 Å². The molecule has 0 amide bonds. The molecule has 0 aliphatic heterocycles. The number of rotatable bonds is 4. The monoisotopic (exact) mass is 309 g/mol. The molecule has 0 spiro atoms. The Morgan fingerprint density at radius 3 is 2.00 bits per heavy atom. The van der Waals surface area contributed by atoms with Crippen molar-refractivity contribution in [3.05, 3.63) is 54.1 Å². The number of ether oxygens (including phenoxy) is 1. The Hall–Kier alpha value is -2.95. The number of hydrogen-bond donors (Lipinski definition) is 0. The second-order valence-electron chi connectivity index (χ2n) is 5.09. The first-order chi connectivity index (χ1) is 11.1. The van der Waals surface area contributed by atoms with Crippen molar-refractivity contribution in [2.24, 2.45) is 0 Å². The van der Waals surface area contributed by atoms with E-state index in [9.17, 15) is 14.7 Å². The fourth-order valence-corrected chi connectivity index (χ4v) is 2.84. The number of carbonyl (C=O) groups is 2. The van der Waals surface area contributed by atoms with Crippen molar-refractivity contribution in [2.75, 3.05) is 6.61 Å². The predicted octanol–water partition coefficient (Wildman–Crippen LogP) is 1.21. The number of carbonyl (C=O) groups excluding carboxylic acids is 2. The average Bonchev–Trinajstić information content (AvgIpc) is 2.54. The average molecular weight is 309 g/mol. The van der Waals surface area contributed by atoms with Crippen LogP contribution in [0.5, 0.6) is 0 Å². The Bertz CT molecular complexity index is 860. The van der Waals surface area contributed by atoms with Crippen LogP contribution in [0.1, 0.15) is 17.3 Å². The molecule has 5 heteroatoms. The molecule has 0 saturated carbocycles. The zero-order valence-corrected chi connectivity index (χ0v) is 12.6. The lowest BCUT2D eigenvalue weighted by molar-refractivity contribution is -0.633. The number of aromatic nitrogens is 1. The van der Waals surface area contributed by atoms with E-state index >= 15 is 0 Å². The second-order valence-corrected chi connectivity index (χ2v) is 5.09. The summed E-state index contributed by atoms with van der Waals surface area (Å²) >= 11 is 0. The van der Waals surface area contributed by atoms with Crippen molar-refractivity contribution in [3.63, 3.8) is 0 Å². The van der Waals surface area contributed by atoms with E-state index in [1.54, 1.807) is 60.0 Å². The van der Waals surface area contributed by atoms with Gasteiger partial charge in [0.2, 0.25) is 17.6 Å². The Kier molecular flexibility index (Phi) is 3.93. The summed E-state index contributed by atoms with van der Waals surface area (Å²) in [7, 11) is 0. The molecule has 3 aromatic rings. The van der Waals surface area contributed by atoms with E-state index in [0.29, 0.717) is 28.4 Å². The lowest BCUT2D eigenvalue weighted by Gasteiger charge is -2.12. The third kappa shape index (κ3) is 2.61. The lowest BCUT2D eigenvalue weighted by atomic mass is 10.0. The summed E-state index contributed by atoms with van der Waals surface area (Å²) < 4.78 is 6.81. The van der Waals surface area contributed by atoms with Crippen LogP contribution in [0.15, 0.2) is 48.5 Å². The SMILES string of the molecule is CCOC(=O)C[n+]1c2ccccc2c(C(=O)[O-])c2ccccc21. The minimum atomic E-state index is -1.24. The largest absolute Gasteiger partial charge is 0.545 e. The standard InChI is InChI=1S/C18H15NO4/c1-2-23-16(20)11-19-14-9-5-3-7-12(14)17(18(21)22)13-8-4-6-10-15(13)19/h3-10H,2,11H2,1H3. The van der Waals surface area contributed by atoms with Crippen LogP contribution < -0.4 is 9.67 Å². The molecule has 23 heavy (non-hydrogen) atoms. The summed E-state index contributed by atoms with van der Waals surface area (Å²) in [4.78, 5) is 23.6. The topological polar surface area (TPSA) is 70.3 Å². The zero-order valence-electron chi connectivity index (χ0n) is 12.6. The molecule has 1 aromatic heterocycles. The maximum Gasteiger partial charge on any atom is 0.372 e. The van der Waals surface area contributed by atoms with Gasteiger partial charge in [0.1, 0.15) is 0 Å². The molecule has 0 N–H and O–H groups in total. The summed E-state index contributed by atoms with van der Waals surface area (Å²) in [6.07, 6.45) is 0. The number of hydrogen-bond acceptors (Lipinski definition) is 4. The summed E-state index contributed by atoms with van der Waals surface area (Å²) in [6.45, 7) is 2.06. The summed E-state index contributed by atoms with van der Waals surface area (Å²) in [5, 5.41) is 12.7. The molecule has 0 aliphatic rings. The molecule has 2 aromatic carbocycles. The zero-order chi connectivity index (χ0) is 16.4. The first kappa shape index (κ1) is 15.0. The van der Waals surface area contributed by atoms with Gasteiger partial charge in [-0.05, 0) is 19.1 Å². The molecule has 0 saturated heterocycles. The molecule has 0 radical (unpaired) electrons. The molecule has 5 nitrogen and oxygen atoms in total. The molecular formula is C18H15NO4. The Balaban J connectivity index is 2.39. The van der Waals surface area contributed by atoms with E-state index < -0.39 is 5.97 Å². The number of esters is 1. The predicted molar refractivity (Wildman–Crippen MR) is 82.6 cm³/mol. The normalized spacial score (nSPS) is 10.8. The third-order valence-electron chi connectivity index (χ3n) is 3.73. The van der Waals surface area contributed by atoms with Crippen molar-refractivity contribution >= 4 is 33.7 Å². The number of pyridine rings is 1. The smallest absolute Gasteiger partial charge is 0.372 e. The van der Waals surface area contributed by atoms with Crippen LogP contribution in [0.4, 0.5) is 0 Å². The molecule has 0 unspecified atom stereocenters. The van der Waals surface area contributed by atoms with E-state index in [-0.39, 0.29) is 18.1 Å². The van der Waals surface area contributed by atoms with Gasteiger partial charge in [0.25, 0.3) is 0 Å². The molecule has 3 rings (SSSR count). The first-order valence-electron chi connectivity index (χ1n) is 7.33. The Morgan fingerprint density at radius 1 is 1.00 bits per heavy atom. The van der Waals surface area contributed by atoms with Crippen molar-refractivity contribution in [3.8, 4) is 0 Å². The number of nitrogens with zero attached hydrogens (tertiary/aromatic N) is 1. The fourth-order valence-electron chi connectivity index (χ4n) is 2.84. The van der Waals surface area contributed by atoms with Crippen molar-refractivity contribution < 1.29 is 24.0 Å². The summed E-state index contributed by atoms with van der Waals surface area (Å²) in [5.74, 6) is -1.60. The van der Waals surface area contributed by atoms with Crippen LogP contribution >= 0.6 is 0 Å². The summed E-state index contributed by atoms with van der Waals surface area (Å²) in [5.41, 5.74) is 1.44. The molecule has 0 fully saturated rings. The van der Waals surface area contributed by atoms with Crippen LogP contribution in [0, 0.1) is 0 Å². The molecular weight excluding hydrogens is 294 g/mol. The van der Waals surface area contributed by atoms with Crippen LogP contribution in [0.3, 0.4) is 0 Å². The van der Waals surface area contributed by atoms with Gasteiger partial charge >= 0.3 is 5.97 Å². The van der Waals surface area contributed by atoms with E-state index in [1.165, 1.54) is 0 Å². The molecule has 0 bridgehead atoms. The minimum absolute atomic E-state index is 0.0161. The van der Waals surface area contributed by atoms with Gasteiger partial charge in [-0.2, -0.15) is 4.57 Å². The van der Waals surface area contributed by atoms with E-state index in [4.69, 9.17) is 4.74 Å².